The van der Waals surface area contributed by atoms with Gasteiger partial charge < -0.3 is 10.2 Å². The van der Waals surface area contributed by atoms with Crippen LogP contribution in [-0.4, -0.2) is 6.54 Å². The number of furan rings is 1. The topological polar surface area (TPSA) is 39.2 Å². The standard InChI is InChI=1S/C11H11NO/c1-8(7-12)9-2-3-11-10(6-9)4-5-13-11/h2-6H,1,7,12H2. The zero-order valence-electron chi connectivity index (χ0n) is 7.29. The molecule has 13 heavy (non-hydrogen) atoms. The van der Waals surface area contributed by atoms with Gasteiger partial charge in [0.2, 0.25) is 0 Å². The Morgan fingerprint density at radius 2 is 2.23 bits per heavy atom. The first kappa shape index (κ1) is 8.08. The molecule has 0 fully saturated rings. The summed E-state index contributed by atoms with van der Waals surface area (Å²) in [5.41, 5.74) is 8.42. The van der Waals surface area contributed by atoms with Crippen LogP contribution in [0.25, 0.3) is 16.5 Å². The van der Waals surface area contributed by atoms with Crippen molar-refractivity contribution in [2.24, 2.45) is 5.73 Å². The molecular formula is C11H11NO. The van der Waals surface area contributed by atoms with E-state index in [-0.39, 0.29) is 0 Å². The third-order valence-corrected chi connectivity index (χ3v) is 2.11. The second-order valence-electron chi connectivity index (χ2n) is 2.98. The highest BCUT2D eigenvalue weighted by molar-refractivity contribution is 5.82. The van der Waals surface area contributed by atoms with Crippen LogP contribution in [0.5, 0.6) is 0 Å². The van der Waals surface area contributed by atoms with Gasteiger partial charge in [0.05, 0.1) is 6.26 Å². The molecule has 2 rings (SSSR count). The molecule has 0 aliphatic heterocycles. The van der Waals surface area contributed by atoms with Crippen LogP contribution in [0, 0.1) is 0 Å². The highest BCUT2D eigenvalue weighted by Gasteiger charge is 2.00. The summed E-state index contributed by atoms with van der Waals surface area (Å²) >= 11 is 0. The van der Waals surface area contributed by atoms with Gasteiger partial charge in [0.1, 0.15) is 5.58 Å². The lowest BCUT2D eigenvalue weighted by Crippen LogP contribution is -2.00. The third kappa shape index (κ3) is 1.36. The van der Waals surface area contributed by atoms with E-state index in [1.165, 1.54) is 0 Å². The number of nitrogens with two attached hydrogens (primary N) is 1. The summed E-state index contributed by atoms with van der Waals surface area (Å²) in [7, 11) is 0. The van der Waals surface area contributed by atoms with Gasteiger partial charge in [-0.05, 0) is 29.3 Å². The lowest BCUT2D eigenvalue weighted by atomic mass is 10.1. The molecule has 0 radical (unpaired) electrons. The molecule has 0 amide bonds. The fraction of sp³-hybridized carbons (Fsp3) is 0.0909. The molecule has 2 aromatic rings. The van der Waals surface area contributed by atoms with E-state index in [9.17, 15) is 0 Å². The Kier molecular flexibility index (Phi) is 1.91. The zero-order chi connectivity index (χ0) is 9.26. The fourth-order valence-corrected chi connectivity index (χ4v) is 1.30. The van der Waals surface area contributed by atoms with Gasteiger partial charge in [-0.25, -0.2) is 0 Å². The number of benzene rings is 1. The van der Waals surface area contributed by atoms with Crippen molar-refractivity contribution >= 4 is 16.5 Å². The smallest absolute Gasteiger partial charge is 0.133 e. The lowest BCUT2D eigenvalue weighted by Gasteiger charge is -2.01. The summed E-state index contributed by atoms with van der Waals surface area (Å²) in [4.78, 5) is 0. The van der Waals surface area contributed by atoms with E-state index >= 15 is 0 Å². The van der Waals surface area contributed by atoms with Crippen LogP contribution >= 0.6 is 0 Å². The van der Waals surface area contributed by atoms with Crippen molar-refractivity contribution in [2.45, 2.75) is 0 Å². The molecule has 0 saturated carbocycles. The largest absolute Gasteiger partial charge is 0.464 e. The monoisotopic (exact) mass is 173 g/mol. The van der Waals surface area contributed by atoms with Gasteiger partial charge in [-0.15, -0.1) is 0 Å². The molecule has 2 N–H and O–H groups in total. The van der Waals surface area contributed by atoms with Gasteiger partial charge in [-0.2, -0.15) is 0 Å². The molecule has 0 spiro atoms. The normalized spacial score (nSPS) is 10.5. The predicted octanol–water partition coefficient (Wildman–Crippen LogP) is 2.40. The van der Waals surface area contributed by atoms with Crippen molar-refractivity contribution in [2.75, 3.05) is 6.54 Å². The minimum atomic E-state index is 0.489. The van der Waals surface area contributed by atoms with Gasteiger partial charge in [0.15, 0.2) is 0 Å². The molecule has 0 aliphatic rings. The van der Waals surface area contributed by atoms with Crippen molar-refractivity contribution < 1.29 is 4.42 Å². The van der Waals surface area contributed by atoms with Gasteiger partial charge in [-0.1, -0.05) is 12.6 Å². The Morgan fingerprint density at radius 3 is 3.00 bits per heavy atom. The maximum atomic E-state index is 5.50. The summed E-state index contributed by atoms with van der Waals surface area (Å²) < 4.78 is 5.23. The van der Waals surface area contributed by atoms with E-state index in [2.05, 4.69) is 6.58 Å². The molecule has 1 aromatic heterocycles. The third-order valence-electron chi connectivity index (χ3n) is 2.11. The molecule has 2 nitrogen and oxygen atoms in total. The Labute approximate surface area is 76.7 Å². The van der Waals surface area contributed by atoms with E-state index in [1.807, 2.05) is 24.3 Å². The van der Waals surface area contributed by atoms with E-state index in [1.54, 1.807) is 6.26 Å². The van der Waals surface area contributed by atoms with E-state index < -0.39 is 0 Å². The Hall–Kier alpha value is -1.54. The molecule has 1 heterocycles. The molecule has 1 aromatic carbocycles. The average molecular weight is 173 g/mol. The van der Waals surface area contributed by atoms with Gasteiger partial charge in [-0.3, -0.25) is 0 Å². The maximum Gasteiger partial charge on any atom is 0.133 e. The van der Waals surface area contributed by atoms with Gasteiger partial charge in [0.25, 0.3) is 0 Å². The lowest BCUT2D eigenvalue weighted by molar-refractivity contribution is 0.616. The van der Waals surface area contributed by atoms with Crippen LogP contribution < -0.4 is 5.73 Å². The van der Waals surface area contributed by atoms with Gasteiger partial charge in [0, 0.05) is 11.9 Å². The summed E-state index contributed by atoms with van der Waals surface area (Å²) in [5, 5.41) is 1.09. The molecule has 0 unspecified atom stereocenters. The summed E-state index contributed by atoms with van der Waals surface area (Å²) in [5.74, 6) is 0. The molecular weight excluding hydrogens is 162 g/mol. The summed E-state index contributed by atoms with van der Waals surface area (Å²) in [6.07, 6.45) is 1.68. The fourth-order valence-electron chi connectivity index (χ4n) is 1.30. The minimum absolute atomic E-state index is 0.489. The van der Waals surface area contributed by atoms with Crippen LogP contribution in [-0.2, 0) is 0 Å². The molecule has 0 aliphatic carbocycles. The quantitative estimate of drug-likeness (QED) is 0.757. The number of hydrogen-bond donors (Lipinski definition) is 1. The van der Waals surface area contributed by atoms with Crippen LogP contribution in [0.2, 0.25) is 0 Å². The number of rotatable bonds is 2. The maximum absolute atomic E-state index is 5.50. The summed E-state index contributed by atoms with van der Waals surface area (Å²) in [6.45, 7) is 4.37. The number of hydrogen-bond acceptors (Lipinski definition) is 2. The first-order chi connectivity index (χ1) is 6.31. The molecule has 0 atom stereocenters. The van der Waals surface area contributed by atoms with Gasteiger partial charge >= 0.3 is 0 Å². The van der Waals surface area contributed by atoms with E-state index in [0.717, 1.165) is 22.1 Å². The van der Waals surface area contributed by atoms with E-state index in [0.29, 0.717) is 6.54 Å². The Balaban J connectivity index is 2.54. The van der Waals surface area contributed by atoms with Crippen molar-refractivity contribution in [1.29, 1.82) is 0 Å². The zero-order valence-corrected chi connectivity index (χ0v) is 7.29. The van der Waals surface area contributed by atoms with Crippen molar-refractivity contribution in [3.8, 4) is 0 Å². The SMILES string of the molecule is C=C(CN)c1ccc2occc2c1. The highest BCUT2D eigenvalue weighted by atomic mass is 16.3. The van der Waals surface area contributed by atoms with Crippen LogP contribution in [0.1, 0.15) is 5.56 Å². The Bertz CT molecular complexity index is 442. The highest BCUT2D eigenvalue weighted by Crippen LogP contribution is 2.20. The van der Waals surface area contributed by atoms with Crippen molar-refractivity contribution in [1.82, 2.24) is 0 Å². The van der Waals surface area contributed by atoms with Crippen LogP contribution in [0.4, 0.5) is 0 Å². The Morgan fingerprint density at radius 1 is 1.38 bits per heavy atom. The van der Waals surface area contributed by atoms with Crippen LogP contribution in [0.15, 0.2) is 41.5 Å². The molecule has 2 heteroatoms. The average Bonchev–Trinajstić information content (AvgIpc) is 2.63. The predicted molar refractivity (Wildman–Crippen MR) is 54.3 cm³/mol. The van der Waals surface area contributed by atoms with E-state index in [4.69, 9.17) is 10.2 Å². The second kappa shape index (κ2) is 3.07. The summed E-state index contributed by atoms with van der Waals surface area (Å²) in [6, 6.07) is 7.88. The first-order valence-electron chi connectivity index (χ1n) is 4.17. The molecule has 0 saturated heterocycles. The minimum Gasteiger partial charge on any atom is -0.464 e. The second-order valence-corrected chi connectivity index (χ2v) is 2.98. The van der Waals surface area contributed by atoms with Crippen molar-refractivity contribution in [3.05, 3.63) is 42.7 Å². The van der Waals surface area contributed by atoms with Crippen LogP contribution in [0.3, 0.4) is 0 Å². The molecule has 66 valence electrons. The molecule has 0 bridgehead atoms. The first-order valence-corrected chi connectivity index (χ1v) is 4.17. The van der Waals surface area contributed by atoms with Crippen molar-refractivity contribution in [3.63, 3.8) is 0 Å². The number of fused-ring (bicyclic) bond motifs is 1.